The summed E-state index contributed by atoms with van der Waals surface area (Å²) in [5.74, 6) is 2.18. The number of thioether (sulfide) groups is 1. The topological polar surface area (TPSA) is 46.1 Å². The van der Waals surface area contributed by atoms with Gasteiger partial charge in [-0.15, -0.1) is 0 Å². The zero-order valence-electron chi connectivity index (χ0n) is 14.5. The van der Waals surface area contributed by atoms with Crippen LogP contribution in [-0.2, 0) is 9.47 Å². The first kappa shape index (κ1) is 17.9. The molecule has 0 unspecified atom stereocenters. The zero-order chi connectivity index (χ0) is 16.1. The number of nitrogens with zero attached hydrogens (tertiary/aromatic N) is 2. The van der Waals surface area contributed by atoms with Gasteiger partial charge in [0.1, 0.15) is 0 Å². The van der Waals surface area contributed by atoms with Gasteiger partial charge in [0.2, 0.25) is 0 Å². The van der Waals surface area contributed by atoms with Crippen LogP contribution in [0.25, 0.3) is 0 Å². The number of hydrogen-bond donors (Lipinski definition) is 1. The van der Waals surface area contributed by atoms with Crippen molar-refractivity contribution < 1.29 is 9.47 Å². The number of methoxy groups -OCH3 is 1. The number of guanidine groups is 1. The van der Waals surface area contributed by atoms with Crippen LogP contribution in [0.4, 0.5) is 0 Å². The van der Waals surface area contributed by atoms with Gasteiger partial charge in [-0.3, -0.25) is 4.99 Å². The Bertz CT molecular complexity index is 382. The predicted octanol–water partition coefficient (Wildman–Crippen LogP) is 1.97. The normalized spacial score (nSPS) is 25.1. The molecule has 0 radical (unpaired) electrons. The third-order valence-corrected chi connectivity index (χ3v) is 5.71. The first-order chi connectivity index (χ1) is 10.5. The Hall–Kier alpha value is -0.460. The number of hydrogen-bond acceptors (Lipinski definition) is 4. The van der Waals surface area contributed by atoms with Gasteiger partial charge in [0.15, 0.2) is 5.96 Å². The van der Waals surface area contributed by atoms with Crippen molar-refractivity contribution in [3.8, 4) is 0 Å². The van der Waals surface area contributed by atoms with Crippen LogP contribution in [0.2, 0.25) is 0 Å². The second-order valence-corrected chi connectivity index (χ2v) is 8.50. The van der Waals surface area contributed by atoms with Gasteiger partial charge in [-0.05, 0) is 20.8 Å². The highest BCUT2D eigenvalue weighted by Crippen LogP contribution is 2.30. The summed E-state index contributed by atoms with van der Waals surface area (Å²) >= 11 is 2.04. The van der Waals surface area contributed by atoms with E-state index >= 15 is 0 Å². The van der Waals surface area contributed by atoms with Crippen LogP contribution in [-0.4, -0.2) is 73.5 Å². The van der Waals surface area contributed by atoms with Crippen molar-refractivity contribution in [2.24, 2.45) is 4.99 Å². The molecule has 0 aromatic heterocycles. The molecule has 5 nitrogen and oxygen atoms in total. The SMILES string of the molecule is CCNC(=NCC1(OC)CCOCC1)N1CCSC(C)(C)C1. The summed E-state index contributed by atoms with van der Waals surface area (Å²) in [6, 6.07) is 0. The Balaban J connectivity index is 2.05. The fourth-order valence-electron chi connectivity index (χ4n) is 3.01. The molecule has 2 rings (SSSR count). The van der Waals surface area contributed by atoms with E-state index in [0.717, 1.165) is 57.4 Å². The van der Waals surface area contributed by atoms with Gasteiger partial charge in [-0.1, -0.05) is 0 Å². The molecule has 0 atom stereocenters. The summed E-state index contributed by atoms with van der Waals surface area (Å²) in [5.41, 5.74) is -0.154. The van der Waals surface area contributed by atoms with Crippen molar-refractivity contribution in [1.82, 2.24) is 10.2 Å². The molecule has 0 amide bonds. The summed E-state index contributed by atoms with van der Waals surface area (Å²) in [6.45, 7) is 12.0. The number of ether oxygens (including phenoxy) is 2. The molecule has 2 fully saturated rings. The molecule has 2 saturated heterocycles. The van der Waals surface area contributed by atoms with Crippen LogP contribution in [0.5, 0.6) is 0 Å². The predicted molar refractivity (Wildman–Crippen MR) is 93.9 cm³/mol. The van der Waals surface area contributed by atoms with E-state index in [0.29, 0.717) is 6.54 Å². The van der Waals surface area contributed by atoms with E-state index in [2.05, 4.69) is 31.0 Å². The number of aliphatic imine (C=N–C) groups is 1. The first-order valence-corrected chi connectivity index (χ1v) is 9.29. The highest BCUT2D eigenvalue weighted by Gasteiger charge is 2.33. The lowest BCUT2D eigenvalue weighted by Crippen LogP contribution is -2.51. The molecule has 1 N–H and O–H groups in total. The average molecular weight is 330 g/mol. The molecule has 0 spiro atoms. The Morgan fingerprint density at radius 1 is 1.36 bits per heavy atom. The summed E-state index contributed by atoms with van der Waals surface area (Å²) in [7, 11) is 1.80. The molecule has 22 heavy (non-hydrogen) atoms. The molecular formula is C16H31N3O2S. The third-order valence-electron chi connectivity index (χ3n) is 4.41. The highest BCUT2D eigenvalue weighted by molar-refractivity contribution is 8.00. The molecule has 2 aliphatic rings. The molecule has 2 aliphatic heterocycles. The maximum absolute atomic E-state index is 5.80. The summed E-state index contributed by atoms with van der Waals surface area (Å²) in [5, 5.41) is 3.45. The third kappa shape index (κ3) is 4.77. The standard InChI is InChI=1S/C16H31N3O2S/c1-5-17-14(19-8-11-22-15(2,3)13-19)18-12-16(20-4)6-9-21-10-7-16/h5-13H2,1-4H3,(H,17,18). The van der Waals surface area contributed by atoms with Crippen molar-refractivity contribution in [3.05, 3.63) is 0 Å². The summed E-state index contributed by atoms with van der Waals surface area (Å²) in [6.07, 6.45) is 1.85. The maximum Gasteiger partial charge on any atom is 0.194 e. The van der Waals surface area contributed by atoms with Crippen molar-refractivity contribution >= 4 is 17.7 Å². The minimum absolute atomic E-state index is 0.154. The van der Waals surface area contributed by atoms with Crippen molar-refractivity contribution in [1.29, 1.82) is 0 Å². The fraction of sp³-hybridized carbons (Fsp3) is 0.938. The molecule has 6 heteroatoms. The van der Waals surface area contributed by atoms with Crippen molar-refractivity contribution in [2.45, 2.75) is 44.0 Å². The van der Waals surface area contributed by atoms with Crippen LogP contribution in [0.1, 0.15) is 33.6 Å². The Morgan fingerprint density at radius 3 is 2.68 bits per heavy atom. The van der Waals surface area contributed by atoms with Crippen LogP contribution in [0, 0.1) is 0 Å². The zero-order valence-corrected chi connectivity index (χ0v) is 15.3. The van der Waals surface area contributed by atoms with Crippen molar-refractivity contribution in [2.75, 3.05) is 52.3 Å². The van der Waals surface area contributed by atoms with Crippen LogP contribution < -0.4 is 5.32 Å². The fourth-order valence-corrected chi connectivity index (χ4v) is 4.12. The van der Waals surface area contributed by atoms with Gasteiger partial charge >= 0.3 is 0 Å². The van der Waals surface area contributed by atoms with E-state index in [4.69, 9.17) is 14.5 Å². The Labute approximate surface area is 139 Å². The average Bonchev–Trinajstić information content (AvgIpc) is 2.51. The first-order valence-electron chi connectivity index (χ1n) is 8.30. The lowest BCUT2D eigenvalue weighted by Gasteiger charge is -2.40. The van der Waals surface area contributed by atoms with Crippen LogP contribution in [0.3, 0.4) is 0 Å². The second kappa shape index (κ2) is 7.88. The van der Waals surface area contributed by atoms with Gasteiger partial charge in [0.05, 0.1) is 12.1 Å². The monoisotopic (exact) mass is 329 g/mol. The molecule has 2 heterocycles. The maximum atomic E-state index is 5.80. The number of rotatable bonds is 4. The van der Waals surface area contributed by atoms with E-state index in [9.17, 15) is 0 Å². The summed E-state index contributed by atoms with van der Waals surface area (Å²) in [4.78, 5) is 7.30. The molecule has 128 valence electrons. The molecule has 0 aromatic carbocycles. The van der Waals surface area contributed by atoms with E-state index < -0.39 is 0 Å². The van der Waals surface area contributed by atoms with Crippen molar-refractivity contribution in [3.63, 3.8) is 0 Å². The lowest BCUT2D eigenvalue weighted by molar-refractivity contribution is -0.0829. The molecular weight excluding hydrogens is 298 g/mol. The molecule has 0 aliphatic carbocycles. The smallest absolute Gasteiger partial charge is 0.194 e. The van der Waals surface area contributed by atoms with Gasteiger partial charge < -0.3 is 19.7 Å². The number of nitrogens with one attached hydrogen (secondary N) is 1. The Morgan fingerprint density at radius 2 is 2.09 bits per heavy atom. The van der Waals surface area contributed by atoms with Gasteiger partial charge in [-0.2, -0.15) is 11.8 Å². The molecule has 0 saturated carbocycles. The van der Waals surface area contributed by atoms with E-state index in [1.54, 1.807) is 7.11 Å². The van der Waals surface area contributed by atoms with Crippen LogP contribution in [0.15, 0.2) is 4.99 Å². The Kier molecular flexibility index (Phi) is 6.41. The van der Waals surface area contributed by atoms with Gasteiger partial charge in [0.25, 0.3) is 0 Å². The van der Waals surface area contributed by atoms with Gasteiger partial charge in [-0.25, -0.2) is 0 Å². The van der Waals surface area contributed by atoms with Gasteiger partial charge in [0, 0.05) is 63.3 Å². The largest absolute Gasteiger partial charge is 0.381 e. The molecule has 0 aromatic rings. The van der Waals surface area contributed by atoms with E-state index in [1.807, 2.05) is 11.8 Å². The second-order valence-electron chi connectivity index (χ2n) is 6.70. The minimum Gasteiger partial charge on any atom is -0.381 e. The lowest BCUT2D eigenvalue weighted by atomic mass is 9.94. The highest BCUT2D eigenvalue weighted by atomic mass is 32.2. The molecule has 0 bridgehead atoms. The van der Waals surface area contributed by atoms with E-state index in [-0.39, 0.29) is 10.3 Å². The van der Waals surface area contributed by atoms with Crippen LogP contribution >= 0.6 is 11.8 Å². The van der Waals surface area contributed by atoms with E-state index in [1.165, 1.54) is 0 Å². The quantitative estimate of drug-likeness (QED) is 0.631. The summed E-state index contributed by atoms with van der Waals surface area (Å²) < 4.78 is 11.5. The minimum atomic E-state index is -0.154.